The number of rotatable bonds is 3. The second-order valence-electron chi connectivity index (χ2n) is 6.81. The van der Waals surface area contributed by atoms with Crippen LogP contribution in [0.3, 0.4) is 0 Å². The van der Waals surface area contributed by atoms with Crippen LogP contribution in [-0.2, 0) is 15.7 Å². The summed E-state index contributed by atoms with van der Waals surface area (Å²) in [5.74, 6) is -1.92. The van der Waals surface area contributed by atoms with E-state index in [1.54, 1.807) is 13.8 Å². The average Bonchev–Trinajstić information content (AvgIpc) is 2.58. The summed E-state index contributed by atoms with van der Waals surface area (Å²) in [7, 11) is 0. The van der Waals surface area contributed by atoms with Crippen LogP contribution in [0, 0.1) is 6.92 Å². The first-order valence-corrected chi connectivity index (χ1v) is 8.69. The Morgan fingerprint density at radius 1 is 1.21 bits per heavy atom. The van der Waals surface area contributed by atoms with Gasteiger partial charge in [-0.2, -0.15) is 13.2 Å². The highest BCUT2D eigenvalue weighted by Gasteiger charge is 2.39. The van der Waals surface area contributed by atoms with Crippen LogP contribution < -0.4 is 16.1 Å². The van der Waals surface area contributed by atoms with E-state index in [4.69, 9.17) is 19.6 Å². The van der Waals surface area contributed by atoms with Gasteiger partial charge in [-0.15, -0.1) is 0 Å². The lowest BCUT2D eigenvalue weighted by Gasteiger charge is -2.28. The average molecular weight is 409 g/mol. The molecule has 0 radical (unpaired) electrons. The molecule has 29 heavy (non-hydrogen) atoms. The van der Waals surface area contributed by atoms with Crippen molar-refractivity contribution >= 4 is 5.97 Å². The highest BCUT2D eigenvalue weighted by atomic mass is 19.4. The monoisotopic (exact) mass is 409 g/mol. The molecular formula is C20H18F3NO5. The zero-order valence-corrected chi connectivity index (χ0v) is 15.8. The molecule has 0 saturated heterocycles. The van der Waals surface area contributed by atoms with Crippen molar-refractivity contribution in [3.8, 4) is 5.75 Å². The molecule has 2 heterocycles. The van der Waals surface area contributed by atoms with Crippen molar-refractivity contribution < 1.29 is 31.9 Å². The van der Waals surface area contributed by atoms with Crippen LogP contribution in [0.5, 0.6) is 5.75 Å². The number of hydrogen-bond donors (Lipinski definition) is 1. The number of benzene rings is 1. The number of halogens is 3. The van der Waals surface area contributed by atoms with Crippen molar-refractivity contribution in [3.05, 3.63) is 74.7 Å². The first kappa shape index (κ1) is 20.5. The Morgan fingerprint density at radius 3 is 2.38 bits per heavy atom. The molecule has 0 spiro atoms. The Kier molecular flexibility index (Phi) is 5.16. The van der Waals surface area contributed by atoms with E-state index in [-0.39, 0.29) is 34.1 Å². The van der Waals surface area contributed by atoms with Gasteiger partial charge < -0.3 is 19.6 Å². The number of esters is 1. The molecule has 0 bridgehead atoms. The number of nitrogens with two attached hydrogens (primary N) is 1. The third-order valence-corrected chi connectivity index (χ3v) is 4.27. The molecule has 6 nitrogen and oxygen atoms in total. The van der Waals surface area contributed by atoms with E-state index in [9.17, 15) is 22.8 Å². The number of carbonyl (C=O) groups is 1. The van der Waals surface area contributed by atoms with Crippen LogP contribution in [-0.4, -0.2) is 12.1 Å². The molecule has 2 N–H and O–H groups in total. The highest BCUT2D eigenvalue weighted by molar-refractivity contribution is 5.92. The smallest absolute Gasteiger partial charge is 0.416 e. The standard InChI is InChI=1S/C20H18F3NO5/c1-9(2)27-19(26)16-14(11-4-6-12(7-5-11)20(21,22)23)15-13(29-17(16)24)8-10(3)28-18(15)25/h4-9,14H,24H2,1-3H3/t14-/m1/s1. The third-order valence-electron chi connectivity index (χ3n) is 4.27. The van der Waals surface area contributed by atoms with Gasteiger partial charge in [-0.05, 0) is 38.5 Å². The number of ether oxygens (including phenoxy) is 2. The van der Waals surface area contributed by atoms with Crippen LogP contribution in [0.1, 0.15) is 42.2 Å². The van der Waals surface area contributed by atoms with Crippen LogP contribution in [0.2, 0.25) is 0 Å². The number of aryl methyl sites for hydroxylation is 1. The molecule has 1 atom stereocenters. The lowest BCUT2D eigenvalue weighted by molar-refractivity contribution is -0.143. The maximum atomic E-state index is 12.9. The van der Waals surface area contributed by atoms with Crippen molar-refractivity contribution in [3.63, 3.8) is 0 Å². The van der Waals surface area contributed by atoms with E-state index in [1.165, 1.54) is 25.1 Å². The molecule has 0 amide bonds. The summed E-state index contributed by atoms with van der Waals surface area (Å²) in [5, 5.41) is 0. The lowest BCUT2D eigenvalue weighted by Crippen LogP contribution is -2.31. The van der Waals surface area contributed by atoms with E-state index in [1.807, 2.05) is 0 Å². The Labute approximate surface area is 163 Å². The molecule has 1 aromatic carbocycles. The van der Waals surface area contributed by atoms with Crippen molar-refractivity contribution in [2.75, 3.05) is 0 Å². The molecule has 0 fully saturated rings. The summed E-state index contributed by atoms with van der Waals surface area (Å²) in [4.78, 5) is 25.2. The molecule has 9 heteroatoms. The minimum Gasteiger partial charge on any atom is -0.459 e. The van der Waals surface area contributed by atoms with Gasteiger partial charge in [0.05, 0.1) is 23.1 Å². The van der Waals surface area contributed by atoms with Gasteiger partial charge in [-0.25, -0.2) is 9.59 Å². The normalized spacial score (nSPS) is 16.4. The van der Waals surface area contributed by atoms with E-state index < -0.39 is 35.4 Å². The summed E-state index contributed by atoms with van der Waals surface area (Å²) in [6.07, 6.45) is -5.02. The van der Waals surface area contributed by atoms with Crippen LogP contribution >= 0.6 is 0 Å². The van der Waals surface area contributed by atoms with Crippen LogP contribution in [0.4, 0.5) is 13.2 Å². The summed E-state index contributed by atoms with van der Waals surface area (Å²) in [6, 6.07) is 5.50. The molecule has 1 aliphatic heterocycles. The van der Waals surface area contributed by atoms with Crippen molar-refractivity contribution in [2.24, 2.45) is 5.73 Å². The molecule has 1 aliphatic rings. The molecule has 1 aromatic heterocycles. The number of carbonyl (C=O) groups excluding carboxylic acids is 1. The quantitative estimate of drug-likeness (QED) is 0.779. The number of alkyl halides is 3. The summed E-state index contributed by atoms with van der Waals surface area (Å²) >= 11 is 0. The lowest BCUT2D eigenvalue weighted by atomic mass is 9.83. The second kappa shape index (κ2) is 7.31. The zero-order chi connectivity index (χ0) is 21.5. The molecule has 0 unspecified atom stereocenters. The number of hydrogen-bond acceptors (Lipinski definition) is 6. The predicted molar refractivity (Wildman–Crippen MR) is 96.1 cm³/mol. The van der Waals surface area contributed by atoms with Crippen molar-refractivity contribution in [2.45, 2.75) is 39.0 Å². The molecule has 0 saturated carbocycles. The van der Waals surface area contributed by atoms with Gasteiger partial charge in [0.25, 0.3) is 0 Å². The fraction of sp³-hybridized carbons (Fsp3) is 0.300. The molecule has 3 rings (SSSR count). The Balaban J connectivity index is 2.21. The molecule has 154 valence electrons. The van der Waals surface area contributed by atoms with Gasteiger partial charge in [0, 0.05) is 6.07 Å². The van der Waals surface area contributed by atoms with Crippen molar-refractivity contribution in [1.82, 2.24) is 0 Å². The largest absolute Gasteiger partial charge is 0.459 e. The zero-order valence-electron chi connectivity index (χ0n) is 15.8. The second-order valence-corrected chi connectivity index (χ2v) is 6.81. The predicted octanol–water partition coefficient (Wildman–Crippen LogP) is 3.61. The van der Waals surface area contributed by atoms with Gasteiger partial charge in [-0.3, -0.25) is 0 Å². The first-order chi connectivity index (χ1) is 13.5. The van der Waals surface area contributed by atoms with E-state index in [0.29, 0.717) is 0 Å². The van der Waals surface area contributed by atoms with Gasteiger partial charge in [0.1, 0.15) is 17.1 Å². The number of fused-ring (bicyclic) bond motifs is 1. The fourth-order valence-corrected chi connectivity index (χ4v) is 3.09. The Bertz CT molecular complexity index is 1040. The minimum absolute atomic E-state index is 0.0414. The topological polar surface area (TPSA) is 91.8 Å². The van der Waals surface area contributed by atoms with E-state index in [0.717, 1.165) is 12.1 Å². The first-order valence-electron chi connectivity index (χ1n) is 8.69. The van der Waals surface area contributed by atoms with Gasteiger partial charge in [0.2, 0.25) is 5.88 Å². The Hall–Kier alpha value is -3.23. The van der Waals surface area contributed by atoms with Crippen molar-refractivity contribution in [1.29, 1.82) is 0 Å². The van der Waals surface area contributed by atoms with Gasteiger partial charge >= 0.3 is 17.8 Å². The van der Waals surface area contributed by atoms with E-state index in [2.05, 4.69) is 0 Å². The molecular weight excluding hydrogens is 391 g/mol. The maximum absolute atomic E-state index is 12.9. The summed E-state index contributed by atoms with van der Waals surface area (Å²) < 4.78 is 54.6. The maximum Gasteiger partial charge on any atom is 0.416 e. The molecule has 2 aromatic rings. The van der Waals surface area contributed by atoms with Gasteiger partial charge in [-0.1, -0.05) is 12.1 Å². The van der Waals surface area contributed by atoms with E-state index >= 15 is 0 Å². The minimum atomic E-state index is -4.53. The van der Waals surface area contributed by atoms with Crippen LogP contribution in [0.15, 0.2) is 51.0 Å². The Morgan fingerprint density at radius 2 is 1.83 bits per heavy atom. The summed E-state index contributed by atoms with van der Waals surface area (Å²) in [5.41, 5.74) is 4.30. The highest BCUT2D eigenvalue weighted by Crippen LogP contribution is 2.42. The summed E-state index contributed by atoms with van der Waals surface area (Å²) in [6.45, 7) is 4.77. The third kappa shape index (κ3) is 3.98. The van der Waals surface area contributed by atoms with Crippen LogP contribution in [0.25, 0.3) is 0 Å². The fourth-order valence-electron chi connectivity index (χ4n) is 3.09. The van der Waals surface area contributed by atoms with Gasteiger partial charge in [0.15, 0.2) is 0 Å². The SMILES string of the molecule is Cc1cc2c(c(=O)o1)[C@@H](c1ccc(C(F)(F)F)cc1)C(C(=O)OC(C)C)=C(N)O2. The molecule has 0 aliphatic carbocycles.